The number of carbonyl (C=O) groups is 4. The fourth-order valence-electron chi connectivity index (χ4n) is 8.65. The zero-order valence-electron chi connectivity index (χ0n) is 23.1. The predicted molar refractivity (Wildman–Crippen MR) is 136 cm³/mol. The first-order chi connectivity index (χ1) is 16.9. The van der Waals surface area contributed by atoms with Crippen LogP contribution in [0.5, 0.6) is 0 Å². The van der Waals surface area contributed by atoms with Gasteiger partial charge in [-0.15, -0.1) is 0 Å². The van der Waals surface area contributed by atoms with E-state index in [0.717, 1.165) is 19.3 Å². The molecular weight excluding hydrogens is 456 g/mol. The van der Waals surface area contributed by atoms with E-state index in [1.54, 1.807) is 0 Å². The summed E-state index contributed by atoms with van der Waals surface area (Å²) in [5.41, 5.74) is -0.607. The van der Waals surface area contributed by atoms with Gasteiger partial charge in [-0.05, 0) is 67.6 Å². The van der Waals surface area contributed by atoms with Crippen molar-refractivity contribution in [2.45, 2.75) is 106 Å². The molecule has 202 valence electrons. The Morgan fingerprint density at radius 2 is 1.75 bits per heavy atom. The molecule has 0 aromatic rings. The Kier molecular flexibility index (Phi) is 7.86. The van der Waals surface area contributed by atoms with E-state index in [4.69, 9.17) is 9.47 Å². The van der Waals surface area contributed by atoms with Gasteiger partial charge in [-0.2, -0.15) is 0 Å². The minimum absolute atomic E-state index is 0.0673. The summed E-state index contributed by atoms with van der Waals surface area (Å²) in [4.78, 5) is 52.2. The average molecular weight is 503 g/mol. The molecule has 36 heavy (non-hydrogen) atoms. The van der Waals surface area contributed by atoms with Crippen molar-refractivity contribution in [2.75, 3.05) is 6.61 Å². The topological polar surface area (TPSA) is 86.7 Å². The van der Waals surface area contributed by atoms with E-state index in [-0.39, 0.29) is 64.4 Å². The summed E-state index contributed by atoms with van der Waals surface area (Å²) in [6, 6.07) is 0. The highest BCUT2D eigenvalue weighted by Gasteiger charge is 2.66. The Morgan fingerprint density at radius 3 is 2.42 bits per heavy atom. The van der Waals surface area contributed by atoms with Crippen LogP contribution in [-0.4, -0.2) is 36.2 Å². The maximum absolute atomic E-state index is 13.9. The van der Waals surface area contributed by atoms with E-state index in [1.807, 2.05) is 20.8 Å². The zero-order valence-corrected chi connectivity index (χ0v) is 23.1. The molecule has 0 saturated heterocycles. The van der Waals surface area contributed by atoms with E-state index < -0.39 is 11.7 Å². The molecule has 0 bridgehead atoms. The number of rotatable bonds is 8. The normalized spacial score (nSPS) is 39.9. The summed E-state index contributed by atoms with van der Waals surface area (Å²) in [7, 11) is 0. The van der Waals surface area contributed by atoms with Crippen LogP contribution in [-0.2, 0) is 28.7 Å². The van der Waals surface area contributed by atoms with Crippen LogP contribution in [0.3, 0.4) is 0 Å². The standard InChI is InChI=1S/C30H46O6/c1-7-35-28(17(2)3)36-26(34)11-8-18(4)21-9-10-22-27-23(16-25(33)30(21,22)6)29(5)13-12-20(31)14-19(29)15-24(27)32/h17-19,21-23,27-28H,7-16H2,1-6H3. The lowest BCUT2D eigenvalue weighted by atomic mass is 9.44. The van der Waals surface area contributed by atoms with Gasteiger partial charge in [0.15, 0.2) is 0 Å². The van der Waals surface area contributed by atoms with Crippen LogP contribution in [0.1, 0.15) is 99.3 Å². The quantitative estimate of drug-likeness (QED) is 0.319. The third-order valence-corrected chi connectivity index (χ3v) is 10.8. The Labute approximate surface area is 216 Å². The molecule has 0 radical (unpaired) electrons. The lowest BCUT2D eigenvalue weighted by molar-refractivity contribution is -0.188. The van der Waals surface area contributed by atoms with Crippen molar-refractivity contribution in [3.63, 3.8) is 0 Å². The van der Waals surface area contributed by atoms with Gasteiger partial charge in [-0.1, -0.05) is 34.6 Å². The van der Waals surface area contributed by atoms with Crippen LogP contribution in [0, 0.1) is 52.3 Å². The maximum Gasteiger partial charge on any atom is 0.308 e. The van der Waals surface area contributed by atoms with Crippen LogP contribution in [0.25, 0.3) is 0 Å². The molecule has 4 aliphatic rings. The van der Waals surface area contributed by atoms with Gasteiger partial charge in [0.1, 0.15) is 17.3 Å². The highest BCUT2D eigenvalue weighted by Crippen LogP contribution is 2.66. The van der Waals surface area contributed by atoms with E-state index >= 15 is 0 Å². The zero-order chi connectivity index (χ0) is 26.4. The summed E-state index contributed by atoms with van der Waals surface area (Å²) in [6.07, 6.45) is 5.10. The minimum atomic E-state index is -0.527. The molecule has 4 rings (SSSR count). The highest BCUT2D eigenvalue weighted by atomic mass is 16.7. The molecule has 9 atom stereocenters. The van der Waals surface area contributed by atoms with Crippen LogP contribution in [0.2, 0.25) is 0 Å². The Hall–Kier alpha value is -1.56. The first kappa shape index (κ1) is 27.5. The fourth-order valence-corrected chi connectivity index (χ4v) is 8.65. The van der Waals surface area contributed by atoms with Crippen molar-refractivity contribution >= 4 is 23.3 Å². The average Bonchev–Trinajstić information content (AvgIpc) is 3.17. The molecule has 4 aliphatic carbocycles. The van der Waals surface area contributed by atoms with E-state index in [1.165, 1.54) is 0 Å². The summed E-state index contributed by atoms with van der Waals surface area (Å²) >= 11 is 0. The highest BCUT2D eigenvalue weighted by molar-refractivity contribution is 5.93. The molecule has 0 amide bonds. The number of ether oxygens (including phenoxy) is 2. The number of fused-ring (bicyclic) bond motifs is 5. The molecule has 4 saturated carbocycles. The second-order valence-electron chi connectivity index (χ2n) is 13.0. The van der Waals surface area contributed by atoms with E-state index in [2.05, 4.69) is 20.8 Å². The number of Topliss-reactive ketones (excluding diaryl/α,β-unsaturated/α-hetero) is 3. The summed E-state index contributed by atoms with van der Waals surface area (Å²) < 4.78 is 11.1. The van der Waals surface area contributed by atoms with Crippen molar-refractivity contribution in [1.82, 2.24) is 0 Å². The number of carbonyl (C=O) groups excluding carboxylic acids is 4. The Bertz CT molecular complexity index is 894. The molecule has 0 heterocycles. The Balaban J connectivity index is 1.46. The second kappa shape index (κ2) is 10.3. The molecule has 0 aromatic carbocycles. The monoisotopic (exact) mass is 502 g/mol. The fraction of sp³-hybridized carbons (Fsp3) is 0.867. The Morgan fingerprint density at radius 1 is 1.03 bits per heavy atom. The molecule has 0 spiro atoms. The first-order valence-corrected chi connectivity index (χ1v) is 14.3. The minimum Gasteiger partial charge on any atom is -0.435 e. The number of esters is 1. The van der Waals surface area contributed by atoms with Gasteiger partial charge in [0, 0.05) is 56.0 Å². The lowest BCUT2D eigenvalue weighted by Crippen LogP contribution is -2.60. The molecule has 0 aromatic heterocycles. The molecule has 0 aliphatic heterocycles. The van der Waals surface area contributed by atoms with Crippen molar-refractivity contribution < 1.29 is 28.7 Å². The summed E-state index contributed by atoms with van der Waals surface area (Å²) in [6.45, 7) is 12.8. The third kappa shape index (κ3) is 4.61. The van der Waals surface area contributed by atoms with Gasteiger partial charge in [-0.3, -0.25) is 19.2 Å². The van der Waals surface area contributed by atoms with E-state index in [9.17, 15) is 19.2 Å². The molecule has 6 nitrogen and oxygen atoms in total. The van der Waals surface area contributed by atoms with Crippen molar-refractivity contribution in [3.05, 3.63) is 0 Å². The smallest absolute Gasteiger partial charge is 0.308 e. The third-order valence-electron chi connectivity index (χ3n) is 10.8. The van der Waals surface area contributed by atoms with Gasteiger partial charge in [0.2, 0.25) is 6.29 Å². The van der Waals surface area contributed by atoms with Crippen LogP contribution in [0.15, 0.2) is 0 Å². The van der Waals surface area contributed by atoms with Gasteiger partial charge in [0.05, 0.1) is 0 Å². The van der Waals surface area contributed by atoms with Gasteiger partial charge in [0.25, 0.3) is 0 Å². The summed E-state index contributed by atoms with van der Waals surface area (Å²) in [5.74, 6) is 1.22. The molecule has 0 N–H and O–H groups in total. The lowest BCUT2D eigenvalue weighted by Gasteiger charge is -2.58. The second-order valence-corrected chi connectivity index (χ2v) is 13.0. The van der Waals surface area contributed by atoms with Crippen LogP contribution < -0.4 is 0 Å². The molecule has 6 heteroatoms. The summed E-state index contributed by atoms with van der Waals surface area (Å²) in [5, 5.41) is 0. The molecule has 4 fully saturated rings. The molecule has 9 unspecified atom stereocenters. The van der Waals surface area contributed by atoms with Crippen LogP contribution >= 0.6 is 0 Å². The van der Waals surface area contributed by atoms with Gasteiger partial charge in [-0.25, -0.2) is 0 Å². The van der Waals surface area contributed by atoms with Gasteiger partial charge < -0.3 is 9.47 Å². The van der Waals surface area contributed by atoms with E-state index in [0.29, 0.717) is 50.9 Å². The first-order valence-electron chi connectivity index (χ1n) is 14.3. The maximum atomic E-state index is 13.9. The number of ketones is 3. The SMILES string of the molecule is CCOC(OC(=O)CCC(C)C1CCC2C3C(=O)CC4CC(=O)CCC4(C)C3CC(=O)C12C)C(C)C. The van der Waals surface area contributed by atoms with Crippen molar-refractivity contribution in [2.24, 2.45) is 52.3 Å². The number of hydrogen-bond acceptors (Lipinski definition) is 6. The predicted octanol–water partition coefficient (Wildman–Crippen LogP) is 5.55. The largest absolute Gasteiger partial charge is 0.435 e. The van der Waals surface area contributed by atoms with Crippen molar-refractivity contribution in [3.8, 4) is 0 Å². The molecular formula is C30H46O6. The number of hydrogen-bond donors (Lipinski definition) is 0. The van der Waals surface area contributed by atoms with Crippen molar-refractivity contribution in [1.29, 1.82) is 0 Å². The van der Waals surface area contributed by atoms with Gasteiger partial charge >= 0.3 is 5.97 Å². The van der Waals surface area contributed by atoms with Crippen LogP contribution in [0.4, 0.5) is 0 Å².